The molecule has 9 heteroatoms. The van der Waals surface area contributed by atoms with E-state index >= 15 is 0 Å². The number of aromatic nitrogens is 2. The third kappa shape index (κ3) is 4.81. The molecule has 1 N–H and O–H groups in total. The van der Waals surface area contributed by atoms with Crippen molar-refractivity contribution < 1.29 is 9.18 Å². The molecule has 0 aliphatic heterocycles. The molecule has 0 saturated carbocycles. The highest BCUT2D eigenvalue weighted by atomic mass is 35.5. The van der Waals surface area contributed by atoms with E-state index in [2.05, 4.69) is 10.3 Å². The summed E-state index contributed by atoms with van der Waals surface area (Å²) in [7, 11) is 0. The van der Waals surface area contributed by atoms with E-state index in [0.717, 1.165) is 5.56 Å². The lowest BCUT2D eigenvalue weighted by Gasteiger charge is -2.13. The second-order valence-corrected chi connectivity index (χ2v) is 9.08. The summed E-state index contributed by atoms with van der Waals surface area (Å²) in [4.78, 5) is 30.1. The number of carbonyl (C=O) groups excluding carboxylic acids is 1. The van der Waals surface area contributed by atoms with E-state index in [1.54, 1.807) is 10.6 Å². The Balaban J connectivity index is 1.55. The molecule has 5 nitrogen and oxygen atoms in total. The molecule has 0 aliphatic carbocycles. The fourth-order valence-electron chi connectivity index (χ4n) is 3.02. The molecule has 0 saturated heterocycles. The Morgan fingerprint density at radius 2 is 2.10 bits per heavy atom. The second-order valence-electron chi connectivity index (χ2n) is 6.81. The number of fused-ring (bicyclic) bond motifs is 1. The van der Waals surface area contributed by atoms with Crippen molar-refractivity contribution in [2.75, 3.05) is 5.75 Å². The van der Waals surface area contributed by atoms with Crippen LogP contribution in [-0.2, 0) is 11.3 Å². The number of nitrogens with zero attached hydrogens (tertiary/aromatic N) is 2. The molecule has 31 heavy (non-hydrogen) atoms. The van der Waals surface area contributed by atoms with Gasteiger partial charge in [-0.25, -0.2) is 9.37 Å². The molecule has 0 spiro atoms. The van der Waals surface area contributed by atoms with Gasteiger partial charge in [0.25, 0.3) is 5.56 Å². The van der Waals surface area contributed by atoms with Crippen LogP contribution in [0.5, 0.6) is 0 Å². The molecule has 0 radical (unpaired) electrons. The Morgan fingerprint density at radius 1 is 1.26 bits per heavy atom. The Hall–Kier alpha value is -2.68. The summed E-state index contributed by atoms with van der Waals surface area (Å²) >= 11 is 8.53. The summed E-state index contributed by atoms with van der Waals surface area (Å²) in [5, 5.41) is 5.29. The second kappa shape index (κ2) is 9.21. The number of benzene rings is 2. The average Bonchev–Trinajstić information content (AvgIpc) is 3.20. The minimum Gasteiger partial charge on any atom is -0.351 e. The number of nitrogens with one attached hydrogen (secondary N) is 1. The zero-order valence-electron chi connectivity index (χ0n) is 16.4. The van der Waals surface area contributed by atoms with Crippen LogP contribution < -0.4 is 10.9 Å². The van der Waals surface area contributed by atoms with E-state index in [4.69, 9.17) is 11.6 Å². The fraction of sp³-hybridized carbons (Fsp3) is 0.136. The van der Waals surface area contributed by atoms with Gasteiger partial charge in [0.2, 0.25) is 5.91 Å². The molecule has 4 rings (SSSR count). The minimum atomic E-state index is -0.431. The van der Waals surface area contributed by atoms with Crippen molar-refractivity contribution in [3.8, 4) is 5.69 Å². The van der Waals surface area contributed by atoms with Crippen molar-refractivity contribution in [3.63, 3.8) is 0 Å². The highest BCUT2D eigenvalue weighted by Gasteiger charge is 2.16. The van der Waals surface area contributed by atoms with Crippen molar-refractivity contribution in [1.29, 1.82) is 0 Å². The molecular weight excluding hydrogens is 457 g/mol. The number of amides is 1. The van der Waals surface area contributed by atoms with Gasteiger partial charge < -0.3 is 5.32 Å². The molecule has 0 atom stereocenters. The SMILES string of the molecule is Cc1cccc(-n2c(SCC(=O)NCc3ccc(F)cc3Cl)nc3ccsc3c2=O)c1. The van der Waals surface area contributed by atoms with Crippen LogP contribution >= 0.6 is 34.7 Å². The summed E-state index contributed by atoms with van der Waals surface area (Å²) in [5.41, 5.74) is 2.79. The molecule has 4 aromatic rings. The molecule has 0 aliphatic rings. The van der Waals surface area contributed by atoms with E-state index < -0.39 is 5.82 Å². The van der Waals surface area contributed by atoms with E-state index in [9.17, 15) is 14.0 Å². The number of hydrogen-bond donors (Lipinski definition) is 1. The first-order chi connectivity index (χ1) is 14.9. The number of thioether (sulfide) groups is 1. The number of rotatable bonds is 6. The number of thiophene rings is 1. The topological polar surface area (TPSA) is 64.0 Å². The molecule has 1 amide bonds. The third-order valence-electron chi connectivity index (χ3n) is 4.53. The third-order valence-corrected chi connectivity index (χ3v) is 6.71. The first-order valence-electron chi connectivity index (χ1n) is 9.33. The van der Waals surface area contributed by atoms with Gasteiger partial charge in [0.15, 0.2) is 5.16 Å². The summed E-state index contributed by atoms with van der Waals surface area (Å²) in [6, 6.07) is 13.4. The average molecular weight is 474 g/mol. The standard InChI is InChI=1S/C22H17ClFN3O2S2/c1-13-3-2-4-16(9-13)27-21(29)20-18(7-8-30-20)26-22(27)31-12-19(28)25-11-14-5-6-15(24)10-17(14)23/h2-10H,11-12H2,1H3,(H,25,28). The molecule has 2 aromatic carbocycles. The Bertz CT molecular complexity index is 1340. The summed E-state index contributed by atoms with van der Waals surface area (Å²) in [6.07, 6.45) is 0. The first kappa shape index (κ1) is 21.5. The summed E-state index contributed by atoms with van der Waals surface area (Å²) in [6.45, 7) is 2.13. The minimum absolute atomic E-state index is 0.0622. The van der Waals surface area contributed by atoms with Gasteiger partial charge in [-0.15, -0.1) is 11.3 Å². The summed E-state index contributed by atoms with van der Waals surface area (Å²) < 4.78 is 15.3. The van der Waals surface area contributed by atoms with Crippen molar-refractivity contribution in [3.05, 3.63) is 86.2 Å². The van der Waals surface area contributed by atoms with Crippen molar-refractivity contribution in [2.45, 2.75) is 18.6 Å². The number of hydrogen-bond acceptors (Lipinski definition) is 5. The maximum absolute atomic E-state index is 13.2. The van der Waals surface area contributed by atoms with Gasteiger partial charge in [-0.3, -0.25) is 14.2 Å². The van der Waals surface area contributed by atoms with Crippen LogP contribution in [0.4, 0.5) is 4.39 Å². The van der Waals surface area contributed by atoms with Crippen molar-refractivity contribution in [2.24, 2.45) is 0 Å². The van der Waals surface area contributed by atoms with Gasteiger partial charge in [0, 0.05) is 11.6 Å². The largest absolute Gasteiger partial charge is 0.351 e. The van der Waals surface area contributed by atoms with Crippen LogP contribution in [0.15, 0.2) is 63.9 Å². The molecular formula is C22H17ClFN3O2S2. The quantitative estimate of drug-likeness (QED) is 0.317. The highest BCUT2D eigenvalue weighted by molar-refractivity contribution is 7.99. The van der Waals surface area contributed by atoms with Gasteiger partial charge in [-0.05, 0) is 53.8 Å². The molecule has 2 heterocycles. The lowest BCUT2D eigenvalue weighted by molar-refractivity contribution is -0.118. The van der Waals surface area contributed by atoms with Crippen LogP contribution in [0.2, 0.25) is 5.02 Å². The Labute approximate surface area is 190 Å². The predicted octanol–water partition coefficient (Wildman–Crippen LogP) is 4.96. The van der Waals surface area contributed by atoms with Gasteiger partial charge in [-0.1, -0.05) is 41.6 Å². The summed E-state index contributed by atoms with van der Waals surface area (Å²) in [5.74, 6) is -0.618. The zero-order chi connectivity index (χ0) is 22.0. The first-order valence-corrected chi connectivity index (χ1v) is 11.6. The molecule has 0 unspecified atom stereocenters. The lowest BCUT2D eigenvalue weighted by Crippen LogP contribution is -2.26. The van der Waals surface area contributed by atoms with Crippen molar-refractivity contribution in [1.82, 2.24) is 14.9 Å². The van der Waals surface area contributed by atoms with E-state index in [0.29, 0.717) is 26.6 Å². The van der Waals surface area contributed by atoms with Gasteiger partial charge in [0.1, 0.15) is 10.5 Å². The van der Waals surface area contributed by atoms with Crippen LogP contribution in [0.1, 0.15) is 11.1 Å². The lowest BCUT2D eigenvalue weighted by atomic mass is 10.2. The maximum atomic E-state index is 13.2. The molecule has 0 bridgehead atoms. The fourth-order valence-corrected chi connectivity index (χ4v) is 4.86. The normalized spacial score (nSPS) is 11.1. The maximum Gasteiger partial charge on any atom is 0.276 e. The zero-order valence-corrected chi connectivity index (χ0v) is 18.8. The van der Waals surface area contributed by atoms with Gasteiger partial charge in [-0.2, -0.15) is 0 Å². The molecule has 0 fully saturated rings. The van der Waals surface area contributed by atoms with E-state index in [-0.39, 0.29) is 28.8 Å². The predicted molar refractivity (Wildman–Crippen MR) is 124 cm³/mol. The van der Waals surface area contributed by atoms with Crippen LogP contribution in [0.3, 0.4) is 0 Å². The number of halogens is 2. The number of carbonyl (C=O) groups is 1. The van der Waals surface area contributed by atoms with Crippen LogP contribution in [-0.4, -0.2) is 21.2 Å². The van der Waals surface area contributed by atoms with E-state index in [1.165, 1.54) is 41.3 Å². The van der Waals surface area contributed by atoms with Gasteiger partial charge >= 0.3 is 0 Å². The molecule has 158 valence electrons. The highest BCUT2D eigenvalue weighted by Crippen LogP contribution is 2.24. The Morgan fingerprint density at radius 3 is 2.87 bits per heavy atom. The Kier molecular flexibility index (Phi) is 6.41. The molecule has 2 aromatic heterocycles. The van der Waals surface area contributed by atoms with Crippen LogP contribution in [0, 0.1) is 12.7 Å². The monoisotopic (exact) mass is 473 g/mol. The number of aryl methyl sites for hydroxylation is 1. The van der Waals surface area contributed by atoms with Crippen LogP contribution in [0.25, 0.3) is 15.9 Å². The van der Waals surface area contributed by atoms with Gasteiger partial charge in [0.05, 0.1) is 17.0 Å². The van der Waals surface area contributed by atoms with Crippen molar-refractivity contribution >= 4 is 50.8 Å². The smallest absolute Gasteiger partial charge is 0.276 e. The van der Waals surface area contributed by atoms with E-state index in [1.807, 2.05) is 36.6 Å².